The predicted molar refractivity (Wildman–Crippen MR) is 277 cm³/mol. The topological polar surface area (TPSA) is 216 Å². The standard InChI is InChI=1S/C57H58ClN3O13S/c1-4-44-28(2)49(64)50(65)53(70-44)71-47-24-32(23-43(48(47)58)57(68-3)56(73-74-57)34-19-30-18-31(21-34)22-35(56)20-30)17-29-5-7-33(8-6-29)51(66)59-15-16-60-54(75)61-36-9-12-40-39(25-36)52(67)72-55(40)41-13-10-37(62)26-45(41)69-46-27-38(63)11-14-42(46)55/h5-14,23-28,30-31,34-35,44,49-50,53,62-65H,4,15-22H2,1-3H3,(H,59,66)(H2,60,61,75)/t28-,30?,31?,34?,35?,44?,49?,50?,53-,56?,57?/m0/s1. The highest BCUT2D eigenvalue weighted by Gasteiger charge is 2.77. The SMILES string of the molecule is CCC1O[C@@H](Oc2cc(Cc3ccc(C(=O)NCCNC(=S)Nc4ccc5c(c4)C(=O)OC54c5ccc(O)cc5Oc5cc(O)ccc54)cc3)cc(C3(OC)OOC34C3CC5CC(C3)CC4C5)c2Cl)C(O)C(O)[C@H]1C. The molecular formula is C57H58ClN3O13S. The molecule has 6 fully saturated rings. The Balaban J connectivity index is 0.713. The van der Waals surface area contributed by atoms with Gasteiger partial charge in [0.25, 0.3) is 11.7 Å². The van der Waals surface area contributed by atoms with Crippen LogP contribution in [0.3, 0.4) is 0 Å². The molecule has 13 rings (SSSR count). The van der Waals surface area contributed by atoms with Crippen molar-refractivity contribution in [1.82, 2.24) is 10.6 Å². The summed E-state index contributed by atoms with van der Waals surface area (Å²) in [4.78, 5) is 39.4. The van der Waals surface area contributed by atoms with Crippen molar-refractivity contribution in [1.29, 1.82) is 0 Å². The summed E-state index contributed by atoms with van der Waals surface area (Å²) >= 11 is 13.0. The van der Waals surface area contributed by atoms with Crippen molar-refractivity contribution in [3.05, 3.63) is 141 Å². The van der Waals surface area contributed by atoms with Crippen LogP contribution in [-0.2, 0) is 41.8 Å². The molecule has 0 radical (unpaired) electrons. The summed E-state index contributed by atoms with van der Waals surface area (Å²) < 4.78 is 31.4. The molecule has 8 aliphatic rings. The van der Waals surface area contributed by atoms with E-state index in [1.165, 1.54) is 30.7 Å². The van der Waals surface area contributed by atoms with Crippen LogP contribution in [0.4, 0.5) is 5.69 Å². The number of aromatic hydroxyl groups is 2. The fraction of sp³-hybridized carbons (Fsp3) is 0.421. The zero-order chi connectivity index (χ0) is 52.1. The molecule has 4 unspecified atom stereocenters. The normalized spacial score (nSPS) is 30.1. The van der Waals surface area contributed by atoms with E-state index in [-0.39, 0.29) is 75.2 Å². The maximum Gasteiger partial charge on any atom is 0.340 e. The average molecular weight is 1060 g/mol. The molecule has 4 aliphatic carbocycles. The second-order valence-corrected chi connectivity index (χ2v) is 22.0. The maximum atomic E-state index is 13.6. The van der Waals surface area contributed by atoms with Gasteiger partial charge in [-0.15, -0.1) is 0 Å². The number of phenols is 2. The number of fused-ring (bicyclic) bond motifs is 6. The van der Waals surface area contributed by atoms with Crippen molar-refractivity contribution in [2.24, 2.45) is 29.6 Å². The second-order valence-electron chi connectivity index (χ2n) is 21.3. The lowest BCUT2D eigenvalue weighted by Gasteiger charge is -2.68. The number of aliphatic hydroxyl groups excluding tert-OH is 2. The van der Waals surface area contributed by atoms with Gasteiger partial charge in [0.05, 0.1) is 22.8 Å². The van der Waals surface area contributed by atoms with Gasteiger partial charge in [-0.05, 0) is 153 Å². The molecule has 5 aromatic rings. The van der Waals surface area contributed by atoms with Crippen LogP contribution in [0.5, 0.6) is 28.7 Å². The number of thiocarbonyl (C=S) groups is 1. The Kier molecular flexibility index (Phi) is 12.6. The molecule has 4 heterocycles. The number of rotatable bonds is 12. The van der Waals surface area contributed by atoms with Gasteiger partial charge < -0.3 is 60.1 Å². The number of carbonyl (C=O) groups excluding carboxylic acids is 2. The Morgan fingerprint density at radius 1 is 0.787 bits per heavy atom. The Hall–Kier alpha value is -6.02. The number of hydrogen-bond acceptors (Lipinski definition) is 14. The van der Waals surface area contributed by atoms with Gasteiger partial charge >= 0.3 is 5.97 Å². The summed E-state index contributed by atoms with van der Waals surface area (Å²) in [5, 5.41) is 52.4. The third-order valence-corrected chi connectivity index (χ3v) is 17.6. The van der Waals surface area contributed by atoms with E-state index >= 15 is 0 Å². The molecule has 6 atom stereocenters. The van der Waals surface area contributed by atoms with Gasteiger partial charge in [-0.1, -0.05) is 43.6 Å². The zero-order valence-corrected chi connectivity index (χ0v) is 43.0. The summed E-state index contributed by atoms with van der Waals surface area (Å²) in [5.74, 6) is 0.0309. The molecular weight excluding hydrogens is 1000 g/mol. The lowest BCUT2D eigenvalue weighted by atomic mass is 9.47. The number of esters is 1. The van der Waals surface area contributed by atoms with Gasteiger partial charge in [0.2, 0.25) is 6.29 Å². The fourth-order valence-electron chi connectivity index (χ4n) is 13.6. The molecule has 16 nitrogen and oxygen atoms in total. The first kappa shape index (κ1) is 49.8. The smallest absolute Gasteiger partial charge is 0.340 e. The van der Waals surface area contributed by atoms with Crippen LogP contribution in [0.15, 0.2) is 91.0 Å². The first-order valence-electron chi connectivity index (χ1n) is 25.7. The van der Waals surface area contributed by atoms with Crippen molar-refractivity contribution >= 4 is 46.5 Å². The van der Waals surface area contributed by atoms with Crippen LogP contribution in [0, 0.1) is 29.6 Å². The minimum atomic E-state index is -1.39. The Bertz CT molecular complexity index is 3030. The van der Waals surface area contributed by atoms with E-state index in [1.54, 1.807) is 49.6 Å². The molecule has 2 spiro atoms. The zero-order valence-electron chi connectivity index (χ0n) is 41.5. The van der Waals surface area contributed by atoms with Gasteiger partial charge in [-0.3, -0.25) is 4.79 Å². The van der Waals surface area contributed by atoms with Crippen LogP contribution >= 0.6 is 23.8 Å². The summed E-state index contributed by atoms with van der Waals surface area (Å²) in [7, 11) is 1.63. The molecule has 392 valence electrons. The first-order valence-corrected chi connectivity index (χ1v) is 26.5. The number of ether oxygens (including phenoxy) is 5. The van der Waals surface area contributed by atoms with Crippen LogP contribution in [0.2, 0.25) is 5.02 Å². The number of benzene rings is 5. The summed E-state index contributed by atoms with van der Waals surface area (Å²) in [6.07, 6.45) is 2.47. The number of nitrogens with one attached hydrogen (secondary N) is 3. The van der Waals surface area contributed by atoms with Crippen molar-refractivity contribution in [3.63, 3.8) is 0 Å². The van der Waals surface area contributed by atoms with Gasteiger partial charge in [0, 0.05) is 71.8 Å². The number of methoxy groups -OCH3 is 1. The second kappa shape index (κ2) is 18.9. The van der Waals surface area contributed by atoms with Crippen LogP contribution in [0.1, 0.15) is 106 Å². The minimum absolute atomic E-state index is 0.0343. The monoisotopic (exact) mass is 1060 g/mol. The highest BCUT2D eigenvalue weighted by atomic mass is 35.5. The number of phenolic OH excluding ortho intramolecular Hbond substituents is 2. The minimum Gasteiger partial charge on any atom is -0.508 e. The molecule has 0 aromatic heterocycles. The molecule has 5 aromatic carbocycles. The number of carbonyl (C=O) groups is 2. The van der Waals surface area contributed by atoms with Crippen LogP contribution < -0.4 is 25.4 Å². The number of hydrogen-bond donors (Lipinski definition) is 7. The molecule has 4 bridgehead atoms. The largest absolute Gasteiger partial charge is 0.508 e. The van der Waals surface area contributed by atoms with Crippen molar-refractivity contribution in [2.45, 2.75) is 100 Å². The van der Waals surface area contributed by atoms with Gasteiger partial charge in [-0.2, -0.15) is 4.89 Å². The lowest BCUT2D eigenvalue weighted by Crippen LogP contribution is -2.76. The summed E-state index contributed by atoms with van der Waals surface area (Å²) in [6.45, 7) is 4.35. The maximum absolute atomic E-state index is 13.6. The average Bonchev–Trinajstić information content (AvgIpc) is 3.69. The number of amides is 1. The Labute approximate surface area is 443 Å². The van der Waals surface area contributed by atoms with Crippen molar-refractivity contribution in [3.8, 4) is 28.7 Å². The van der Waals surface area contributed by atoms with Gasteiger partial charge in [0.1, 0.15) is 34.9 Å². The number of halogens is 1. The summed E-state index contributed by atoms with van der Waals surface area (Å²) in [5.41, 5.74) is 3.01. The fourth-order valence-corrected chi connectivity index (χ4v) is 14.1. The predicted octanol–water partition coefficient (Wildman–Crippen LogP) is 8.45. The lowest BCUT2D eigenvalue weighted by molar-refractivity contribution is -0.645. The van der Waals surface area contributed by atoms with E-state index in [2.05, 4.69) is 16.0 Å². The Morgan fingerprint density at radius 3 is 2.07 bits per heavy atom. The van der Waals surface area contributed by atoms with E-state index in [1.807, 2.05) is 38.1 Å². The third-order valence-electron chi connectivity index (χ3n) is 17.0. The molecule has 75 heavy (non-hydrogen) atoms. The van der Waals surface area contributed by atoms with E-state index in [0.717, 1.165) is 36.8 Å². The molecule has 4 aliphatic heterocycles. The van der Waals surface area contributed by atoms with Crippen molar-refractivity contribution < 1.29 is 63.5 Å². The molecule has 7 N–H and O–H groups in total. The van der Waals surface area contributed by atoms with Crippen LogP contribution in [0.25, 0.3) is 0 Å². The van der Waals surface area contributed by atoms with Gasteiger partial charge in [0.15, 0.2) is 16.3 Å². The first-order chi connectivity index (χ1) is 36.1. The van der Waals surface area contributed by atoms with E-state index < -0.39 is 41.5 Å². The third kappa shape index (κ3) is 8.03. The highest BCUT2D eigenvalue weighted by molar-refractivity contribution is 7.80. The summed E-state index contributed by atoms with van der Waals surface area (Å²) in [6, 6.07) is 25.4. The molecule has 2 saturated heterocycles. The van der Waals surface area contributed by atoms with E-state index in [9.17, 15) is 30.0 Å². The van der Waals surface area contributed by atoms with Crippen LogP contribution in [-0.4, -0.2) is 87.8 Å². The Morgan fingerprint density at radius 2 is 1.44 bits per heavy atom. The van der Waals surface area contributed by atoms with E-state index in [4.69, 9.17) is 57.3 Å². The number of aliphatic hydroxyl groups is 2. The van der Waals surface area contributed by atoms with E-state index in [0.29, 0.717) is 70.3 Å². The quantitative estimate of drug-likeness (QED) is 0.0270. The number of anilines is 1. The molecule has 4 saturated carbocycles. The molecule has 1 amide bonds. The molecule has 18 heteroatoms. The highest BCUT2D eigenvalue weighted by Crippen LogP contribution is 2.70. The van der Waals surface area contributed by atoms with Crippen molar-refractivity contribution in [2.75, 3.05) is 25.5 Å². The van der Waals surface area contributed by atoms with Gasteiger partial charge in [-0.25, -0.2) is 9.68 Å².